The Labute approximate surface area is 130 Å². The molecule has 2 aliphatic heterocycles. The summed E-state index contributed by atoms with van der Waals surface area (Å²) in [6, 6.07) is 0. The van der Waals surface area contributed by atoms with Gasteiger partial charge in [-0.25, -0.2) is 5.01 Å². The third-order valence-corrected chi connectivity index (χ3v) is 4.58. The summed E-state index contributed by atoms with van der Waals surface area (Å²) in [5, 5.41) is 2.37. The molecule has 0 saturated carbocycles. The maximum atomic E-state index is 5.36. The van der Waals surface area contributed by atoms with Crippen molar-refractivity contribution in [3.8, 4) is 0 Å². The zero-order valence-electron chi connectivity index (χ0n) is 12.2. The lowest BCUT2D eigenvalue weighted by atomic mass is 10.2. The molecular weight excluding hydrogens is 355 g/mol. The SMILES string of the molecule is CC(C)(I)N1CCN(NCCN2CCOCC2)CC1. The fourth-order valence-corrected chi connectivity index (χ4v) is 3.07. The normalized spacial score (nSPS) is 24.8. The number of hydrazine groups is 1. The van der Waals surface area contributed by atoms with Crippen LogP contribution in [0.15, 0.2) is 0 Å². The van der Waals surface area contributed by atoms with Crippen molar-refractivity contribution >= 4 is 22.6 Å². The van der Waals surface area contributed by atoms with E-state index < -0.39 is 0 Å². The summed E-state index contributed by atoms with van der Waals surface area (Å²) in [5.74, 6) is 0. The minimum absolute atomic E-state index is 0.275. The summed E-state index contributed by atoms with van der Waals surface area (Å²) >= 11 is 2.53. The predicted octanol–water partition coefficient (Wildman–Crippen LogP) is 0.612. The Bertz CT molecular complexity index is 258. The first-order valence-corrected chi connectivity index (χ1v) is 8.36. The van der Waals surface area contributed by atoms with Gasteiger partial charge >= 0.3 is 0 Å². The number of hydrogen-bond acceptors (Lipinski definition) is 5. The molecule has 2 fully saturated rings. The van der Waals surface area contributed by atoms with Crippen LogP contribution in [0.5, 0.6) is 0 Å². The summed E-state index contributed by atoms with van der Waals surface area (Å²) in [6.45, 7) is 15.2. The van der Waals surface area contributed by atoms with Crippen LogP contribution in [0.4, 0.5) is 0 Å². The molecule has 0 aromatic carbocycles. The first kappa shape index (κ1) is 15.9. The Morgan fingerprint density at radius 1 is 1.05 bits per heavy atom. The molecule has 0 amide bonds. The number of morpholine rings is 1. The molecule has 2 rings (SSSR count). The van der Waals surface area contributed by atoms with Gasteiger partial charge < -0.3 is 4.74 Å². The summed E-state index contributed by atoms with van der Waals surface area (Å²) < 4.78 is 5.64. The van der Waals surface area contributed by atoms with Gasteiger partial charge in [0, 0.05) is 52.4 Å². The lowest BCUT2D eigenvalue weighted by Crippen LogP contribution is -2.56. The Morgan fingerprint density at radius 2 is 1.68 bits per heavy atom. The van der Waals surface area contributed by atoms with Gasteiger partial charge in [-0.15, -0.1) is 0 Å². The average Bonchev–Trinajstić information content (AvgIpc) is 2.39. The van der Waals surface area contributed by atoms with Crippen molar-refractivity contribution in [3.63, 3.8) is 0 Å². The molecule has 2 heterocycles. The molecule has 6 heteroatoms. The highest BCUT2D eigenvalue weighted by Gasteiger charge is 2.26. The number of halogens is 1. The van der Waals surface area contributed by atoms with Crippen LogP contribution >= 0.6 is 22.6 Å². The maximum Gasteiger partial charge on any atom is 0.0674 e. The molecule has 2 saturated heterocycles. The Hall–Kier alpha value is 0.530. The van der Waals surface area contributed by atoms with E-state index in [0.717, 1.165) is 65.6 Å². The summed E-state index contributed by atoms with van der Waals surface area (Å²) in [6.07, 6.45) is 0. The van der Waals surface area contributed by atoms with Crippen LogP contribution in [0.2, 0.25) is 0 Å². The van der Waals surface area contributed by atoms with Crippen molar-refractivity contribution in [2.75, 3.05) is 65.6 Å². The highest BCUT2D eigenvalue weighted by Crippen LogP contribution is 2.23. The van der Waals surface area contributed by atoms with E-state index in [-0.39, 0.29) is 3.55 Å². The lowest BCUT2D eigenvalue weighted by Gasteiger charge is -2.41. The number of alkyl halides is 1. The van der Waals surface area contributed by atoms with Crippen molar-refractivity contribution in [1.82, 2.24) is 20.2 Å². The maximum absolute atomic E-state index is 5.36. The highest BCUT2D eigenvalue weighted by atomic mass is 127. The number of nitrogens with one attached hydrogen (secondary N) is 1. The topological polar surface area (TPSA) is 31.0 Å². The van der Waals surface area contributed by atoms with E-state index in [9.17, 15) is 0 Å². The third-order valence-electron chi connectivity index (χ3n) is 3.90. The van der Waals surface area contributed by atoms with E-state index in [1.807, 2.05) is 0 Å². The number of ether oxygens (including phenoxy) is 1. The Balaban J connectivity index is 1.58. The third kappa shape index (κ3) is 5.43. The van der Waals surface area contributed by atoms with E-state index in [4.69, 9.17) is 4.74 Å². The van der Waals surface area contributed by atoms with Crippen molar-refractivity contribution in [3.05, 3.63) is 0 Å². The van der Waals surface area contributed by atoms with Gasteiger partial charge in [-0.05, 0) is 13.8 Å². The number of hydrogen-bond donors (Lipinski definition) is 1. The second-order valence-electron chi connectivity index (χ2n) is 5.75. The molecule has 5 nitrogen and oxygen atoms in total. The monoisotopic (exact) mass is 382 g/mol. The number of piperazine rings is 1. The van der Waals surface area contributed by atoms with E-state index in [0.29, 0.717) is 0 Å². The molecule has 0 bridgehead atoms. The number of nitrogens with zero attached hydrogens (tertiary/aromatic N) is 3. The fourth-order valence-electron chi connectivity index (χ4n) is 2.59. The molecule has 19 heavy (non-hydrogen) atoms. The first-order valence-electron chi connectivity index (χ1n) is 7.28. The van der Waals surface area contributed by atoms with Crippen LogP contribution in [0.25, 0.3) is 0 Å². The summed E-state index contributed by atoms with van der Waals surface area (Å²) in [4.78, 5) is 5.02. The van der Waals surface area contributed by atoms with Crippen molar-refractivity contribution < 1.29 is 4.74 Å². The Morgan fingerprint density at radius 3 is 2.26 bits per heavy atom. The van der Waals surface area contributed by atoms with Crippen molar-refractivity contribution in [2.24, 2.45) is 0 Å². The molecule has 0 aromatic heterocycles. The molecular formula is C13H27IN4O. The van der Waals surface area contributed by atoms with Crippen LogP contribution in [0.1, 0.15) is 13.8 Å². The molecule has 0 aromatic rings. The zero-order valence-corrected chi connectivity index (χ0v) is 14.4. The molecule has 0 unspecified atom stereocenters. The molecule has 112 valence electrons. The number of rotatable bonds is 5. The molecule has 1 N–H and O–H groups in total. The van der Waals surface area contributed by atoms with Crippen molar-refractivity contribution in [2.45, 2.75) is 17.4 Å². The van der Waals surface area contributed by atoms with Crippen LogP contribution < -0.4 is 5.43 Å². The molecule has 0 atom stereocenters. The molecule has 2 aliphatic rings. The smallest absolute Gasteiger partial charge is 0.0674 e. The van der Waals surface area contributed by atoms with E-state index in [1.54, 1.807) is 0 Å². The molecule has 0 radical (unpaired) electrons. The van der Waals surface area contributed by atoms with Gasteiger partial charge in [0.25, 0.3) is 0 Å². The van der Waals surface area contributed by atoms with Crippen molar-refractivity contribution in [1.29, 1.82) is 0 Å². The van der Waals surface area contributed by atoms with E-state index in [2.05, 4.69) is 56.7 Å². The van der Waals surface area contributed by atoms with Crippen LogP contribution in [-0.2, 0) is 4.74 Å². The second-order valence-corrected chi connectivity index (χ2v) is 8.39. The fraction of sp³-hybridized carbons (Fsp3) is 1.00. The average molecular weight is 382 g/mol. The van der Waals surface area contributed by atoms with Gasteiger partial charge in [-0.3, -0.25) is 15.2 Å². The van der Waals surface area contributed by atoms with Gasteiger partial charge in [0.05, 0.1) is 16.8 Å². The van der Waals surface area contributed by atoms with E-state index in [1.165, 1.54) is 0 Å². The van der Waals surface area contributed by atoms with Crippen LogP contribution in [0, 0.1) is 0 Å². The second kappa shape index (κ2) is 7.51. The molecule has 0 spiro atoms. The van der Waals surface area contributed by atoms with Crippen LogP contribution in [-0.4, -0.2) is 83.9 Å². The first-order chi connectivity index (χ1) is 9.05. The standard InChI is InChI=1S/C13H27IN4O/c1-13(2,14)17-5-7-18(8-6-17)15-3-4-16-9-11-19-12-10-16/h15H,3-12H2,1-2H3. The largest absolute Gasteiger partial charge is 0.379 e. The minimum Gasteiger partial charge on any atom is -0.379 e. The molecule has 0 aliphatic carbocycles. The van der Waals surface area contributed by atoms with Gasteiger partial charge in [-0.1, -0.05) is 22.6 Å². The zero-order chi connectivity index (χ0) is 13.7. The Kier molecular flexibility index (Phi) is 6.29. The van der Waals surface area contributed by atoms with Gasteiger partial charge in [0.2, 0.25) is 0 Å². The van der Waals surface area contributed by atoms with Crippen LogP contribution in [0.3, 0.4) is 0 Å². The van der Waals surface area contributed by atoms with Gasteiger partial charge in [-0.2, -0.15) is 0 Å². The summed E-state index contributed by atoms with van der Waals surface area (Å²) in [5.41, 5.74) is 3.56. The minimum atomic E-state index is 0.275. The van der Waals surface area contributed by atoms with E-state index >= 15 is 0 Å². The van der Waals surface area contributed by atoms with Gasteiger partial charge in [0.15, 0.2) is 0 Å². The summed E-state index contributed by atoms with van der Waals surface area (Å²) in [7, 11) is 0. The predicted molar refractivity (Wildman–Crippen MR) is 86.5 cm³/mol. The van der Waals surface area contributed by atoms with Gasteiger partial charge in [0.1, 0.15) is 0 Å². The highest BCUT2D eigenvalue weighted by molar-refractivity contribution is 14.1. The quantitative estimate of drug-likeness (QED) is 0.428. The lowest BCUT2D eigenvalue weighted by molar-refractivity contribution is 0.0298.